The van der Waals surface area contributed by atoms with Gasteiger partial charge in [-0.05, 0) is 75.0 Å². The lowest BCUT2D eigenvalue weighted by molar-refractivity contribution is -0.605. The van der Waals surface area contributed by atoms with Crippen molar-refractivity contribution in [3.63, 3.8) is 0 Å². The minimum Gasteiger partial charge on any atom is -0.619 e. The van der Waals surface area contributed by atoms with E-state index >= 15 is 4.39 Å². The fraction of sp³-hybridized carbons (Fsp3) is 0.667. The summed E-state index contributed by atoms with van der Waals surface area (Å²) in [4.78, 5) is 18.0. The molecule has 1 N–H and O–H groups in total. The van der Waals surface area contributed by atoms with E-state index < -0.39 is 11.2 Å². The maximum Gasteiger partial charge on any atom is 0.272 e. The summed E-state index contributed by atoms with van der Waals surface area (Å²) < 4.78 is 17.8. The SMILES string of the molecule is O=C(NC12C[C@@H]3C[C@@H](CC(F)(C3)C1)C2)c1nn(-c2c[n+]([O-])ccn2)c2c1C1CCCC1C2. The second kappa shape index (κ2) is 6.29. The lowest BCUT2D eigenvalue weighted by Crippen LogP contribution is -2.64. The van der Waals surface area contributed by atoms with Crippen molar-refractivity contribution in [2.75, 3.05) is 0 Å². The number of amides is 1. The number of carbonyl (C=O) groups excluding carboxylic acids is 1. The van der Waals surface area contributed by atoms with Gasteiger partial charge in [0.25, 0.3) is 5.91 Å². The van der Waals surface area contributed by atoms with E-state index in [4.69, 9.17) is 5.10 Å². The quantitative estimate of drug-likeness (QED) is 0.590. The Hall–Kier alpha value is -2.51. The second-order valence-corrected chi connectivity index (χ2v) is 11.2. The molecule has 5 saturated carbocycles. The van der Waals surface area contributed by atoms with Crippen LogP contribution in [0.3, 0.4) is 0 Å². The van der Waals surface area contributed by atoms with Gasteiger partial charge in [0.2, 0.25) is 12.0 Å². The van der Waals surface area contributed by atoms with Gasteiger partial charge in [-0.15, -0.1) is 0 Å². The van der Waals surface area contributed by atoms with Crippen LogP contribution in [-0.2, 0) is 6.42 Å². The Labute approximate surface area is 186 Å². The average molecular weight is 438 g/mol. The zero-order valence-electron chi connectivity index (χ0n) is 18.1. The first kappa shape index (κ1) is 19.0. The molecule has 6 atom stereocenters. The van der Waals surface area contributed by atoms with Crippen LogP contribution in [0.1, 0.15) is 85.5 Å². The Morgan fingerprint density at radius 1 is 1.25 bits per heavy atom. The number of fused-ring (bicyclic) bond motifs is 3. The van der Waals surface area contributed by atoms with Crippen molar-refractivity contribution in [1.82, 2.24) is 20.1 Å². The Kier molecular flexibility index (Phi) is 3.74. The van der Waals surface area contributed by atoms with Gasteiger partial charge in [-0.3, -0.25) is 4.79 Å². The number of alkyl halides is 1. The van der Waals surface area contributed by atoms with Gasteiger partial charge in [0.1, 0.15) is 5.67 Å². The van der Waals surface area contributed by atoms with Crippen LogP contribution in [0.5, 0.6) is 0 Å². The van der Waals surface area contributed by atoms with Crippen LogP contribution >= 0.6 is 0 Å². The fourth-order valence-corrected chi connectivity index (χ4v) is 8.39. The first-order valence-corrected chi connectivity index (χ1v) is 12.1. The summed E-state index contributed by atoms with van der Waals surface area (Å²) in [6, 6.07) is 0. The van der Waals surface area contributed by atoms with Crippen molar-refractivity contribution in [3.8, 4) is 5.82 Å². The van der Waals surface area contributed by atoms with Gasteiger partial charge in [0.05, 0.1) is 11.9 Å². The largest absolute Gasteiger partial charge is 0.619 e. The van der Waals surface area contributed by atoms with Gasteiger partial charge in [0.15, 0.2) is 11.9 Å². The average Bonchev–Trinajstić information content (AvgIpc) is 3.37. The summed E-state index contributed by atoms with van der Waals surface area (Å²) >= 11 is 0. The molecule has 5 fully saturated rings. The van der Waals surface area contributed by atoms with E-state index in [0.29, 0.717) is 59.2 Å². The molecule has 0 saturated heterocycles. The molecule has 8 rings (SSSR count). The molecular formula is C24H28FN5O2. The van der Waals surface area contributed by atoms with Crippen LogP contribution in [0.2, 0.25) is 0 Å². The van der Waals surface area contributed by atoms with Gasteiger partial charge in [-0.1, -0.05) is 6.42 Å². The Balaban J connectivity index is 1.27. The molecule has 0 radical (unpaired) electrons. The van der Waals surface area contributed by atoms with Crippen molar-refractivity contribution in [2.24, 2.45) is 17.8 Å². The van der Waals surface area contributed by atoms with Crippen molar-refractivity contribution < 1.29 is 13.9 Å². The molecule has 6 aliphatic rings. The molecule has 6 aliphatic carbocycles. The summed E-state index contributed by atoms with van der Waals surface area (Å²) in [5.74, 6) is 1.89. The summed E-state index contributed by atoms with van der Waals surface area (Å²) in [7, 11) is 0. The first-order chi connectivity index (χ1) is 15.4. The molecule has 7 nitrogen and oxygen atoms in total. The molecule has 2 aromatic heterocycles. The molecule has 168 valence electrons. The highest BCUT2D eigenvalue weighted by Crippen LogP contribution is 2.59. The number of nitrogens with zero attached hydrogens (tertiary/aromatic N) is 4. The van der Waals surface area contributed by atoms with Gasteiger partial charge in [-0.25, -0.2) is 14.1 Å². The van der Waals surface area contributed by atoms with Crippen LogP contribution in [-0.4, -0.2) is 31.9 Å². The first-order valence-electron chi connectivity index (χ1n) is 12.1. The summed E-state index contributed by atoms with van der Waals surface area (Å²) in [5, 5.41) is 19.9. The smallest absolute Gasteiger partial charge is 0.272 e. The predicted octanol–water partition coefficient (Wildman–Crippen LogP) is 3.13. The summed E-state index contributed by atoms with van der Waals surface area (Å²) in [6.45, 7) is 0. The van der Waals surface area contributed by atoms with Crippen molar-refractivity contribution in [2.45, 2.75) is 81.3 Å². The maximum absolute atomic E-state index is 15.4. The lowest BCUT2D eigenvalue weighted by Gasteiger charge is -2.59. The minimum atomic E-state index is -1.12. The van der Waals surface area contributed by atoms with Gasteiger partial charge in [0, 0.05) is 17.5 Å². The van der Waals surface area contributed by atoms with Crippen molar-refractivity contribution in [1.29, 1.82) is 0 Å². The fourth-order valence-electron chi connectivity index (χ4n) is 8.39. The van der Waals surface area contributed by atoms with E-state index in [1.165, 1.54) is 25.0 Å². The molecule has 4 bridgehead atoms. The molecule has 0 aliphatic heterocycles. The minimum absolute atomic E-state index is 0.177. The van der Waals surface area contributed by atoms with E-state index in [1.54, 1.807) is 4.68 Å². The summed E-state index contributed by atoms with van der Waals surface area (Å²) in [5.41, 5.74) is 0.943. The predicted molar refractivity (Wildman–Crippen MR) is 113 cm³/mol. The van der Waals surface area contributed by atoms with Gasteiger partial charge in [-0.2, -0.15) is 9.83 Å². The lowest BCUT2D eigenvalue weighted by atomic mass is 9.51. The second-order valence-electron chi connectivity index (χ2n) is 11.2. The third-order valence-corrected chi connectivity index (χ3v) is 8.97. The van der Waals surface area contributed by atoms with Crippen LogP contribution in [0.25, 0.3) is 5.82 Å². The van der Waals surface area contributed by atoms with E-state index in [-0.39, 0.29) is 5.91 Å². The molecule has 2 aromatic rings. The van der Waals surface area contributed by atoms with Crippen LogP contribution in [0.15, 0.2) is 18.6 Å². The molecular weight excluding hydrogens is 409 g/mol. The van der Waals surface area contributed by atoms with E-state index in [9.17, 15) is 10.0 Å². The third kappa shape index (κ3) is 2.70. The highest BCUT2D eigenvalue weighted by Gasteiger charge is 2.59. The van der Waals surface area contributed by atoms with Crippen LogP contribution in [0, 0.1) is 23.0 Å². The zero-order chi connectivity index (χ0) is 21.7. The van der Waals surface area contributed by atoms with Crippen LogP contribution < -0.4 is 10.0 Å². The zero-order valence-corrected chi connectivity index (χ0v) is 18.1. The molecule has 8 heteroatoms. The number of hydrogen-bond donors (Lipinski definition) is 1. The van der Waals surface area contributed by atoms with Crippen molar-refractivity contribution >= 4 is 5.91 Å². The molecule has 0 aromatic carbocycles. The topological polar surface area (TPSA) is 86.8 Å². The number of nitrogens with one attached hydrogen (secondary N) is 1. The highest BCUT2D eigenvalue weighted by molar-refractivity contribution is 5.95. The number of carbonyl (C=O) groups is 1. The monoisotopic (exact) mass is 437 g/mol. The molecule has 1 amide bonds. The maximum atomic E-state index is 15.4. The standard InChI is InChI=1S/C24H28FN5O2/c25-23-8-14-6-15(9-23)11-24(10-14,13-23)27-22(31)21-20-17-3-1-2-16(17)7-18(20)30(28-21)19-12-29(32)5-4-26-19/h4-5,12,14-17H,1-3,6-11,13H2,(H,27,31)/t14-,15+,16?,17?,23?,24?. The van der Waals surface area contributed by atoms with E-state index in [0.717, 1.165) is 49.8 Å². The van der Waals surface area contributed by atoms with Crippen molar-refractivity contribution in [3.05, 3.63) is 40.7 Å². The molecule has 2 heterocycles. The Morgan fingerprint density at radius 3 is 2.81 bits per heavy atom. The Morgan fingerprint density at radius 2 is 2.06 bits per heavy atom. The van der Waals surface area contributed by atoms with E-state index in [2.05, 4.69) is 10.3 Å². The Bertz CT molecular complexity index is 1120. The molecule has 0 spiro atoms. The molecule has 32 heavy (non-hydrogen) atoms. The highest BCUT2D eigenvalue weighted by atomic mass is 19.1. The number of halogens is 1. The number of rotatable bonds is 3. The normalized spacial score (nSPS) is 38.7. The van der Waals surface area contributed by atoms with Crippen LogP contribution in [0.4, 0.5) is 4.39 Å². The number of hydrogen-bond acceptors (Lipinski definition) is 4. The number of aromatic nitrogens is 4. The van der Waals surface area contributed by atoms with Gasteiger partial charge >= 0.3 is 0 Å². The van der Waals surface area contributed by atoms with Gasteiger partial charge < -0.3 is 10.5 Å². The third-order valence-electron chi connectivity index (χ3n) is 8.97. The van der Waals surface area contributed by atoms with E-state index in [1.807, 2.05) is 0 Å². The molecule has 4 unspecified atom stereocenters. The summed E-state index contributed by atoms with van der Waals surface area (Å²) in [6.07, 6.45) is 13.1.